The van der Waals surface area contributed by atoms with E-state index in [0.717, 1.165) is 32.5 Å². The highest BCUT2D eigenvalue weighted by Gasteiger charge is 2.34. The van der Waals surface area contributed by atoms with Crippen LogP contribution in [0.1, 0.15) is 46.1 Å². The van der Waals surface area contributed by atoms with E-state index in [4.69, 9.17) is 4.74 Å². The Morgan fingerprint density at radius 3 is 2.57 bits per heavy atom. The largest absolute Gasteiger partial charge is 0.444 e. The van der Waals surface area contributed by atoms with Gasteiger partial charge in [0.05, 0.1) is 0 Å². The van der Waals surface area contributed by atoms with Gasteiger partial charge in [-0.1, -0.05) is 43.7 Å². The highest BCUT2D eigenvalue weighted by atomic mass is 16.6. The number of rotatable bonds is 5. The summed E-state index contributed by atoms with van der Waals surface area (Å²) >= 11 is 0. The number of alkyl carbamates (subject to hydrolysis) is 1. The molecule has 1 aliphatic rings. The molecule has 0 bridgehead atoms. The van der Waals surface area contributed by atoms with Crippen LogP contribution in [0.5, 0.6) is 0 Å². The first kappa shape index (κ1) is 17.8. The smallest absolute Gasteiger partial charge is 0.407 e. The molecular weight excluding hydrogens is 288 g/mol. The average Bonchev–Trinajstić information content (AvgIpc) is 2.80. The topological polar surface area (TPSA) is 41.6 Å². The number of amides is 1. The molecule has 0 radical (unpaired) electrons. The molecule has 23 heavy (non-hydrogen) atoms. The van der Waals surface area contributed by atoms with Gasteiger partial charge in [0, 0.05) is 25.7 Å². The first-order chi connectivity index (χ1) is 10.9. The van der Waals surface area contributed by atoms with Crippen LogP contribution in [-0.2, 0) is 11.3 Å². The maximum Gasteiger partial charge on any atom is 0.407 e. The number of ether oxygens (including phenoxy) is 1. The molecule has 0 aliphatic carbocycles. The highest BCUT2D eigenvalue weighted by Crippen LogP contribution is 2.24. The molecule has 1 aromatic rings. The van der Waals surface area contributed by atoms with Crippen LogP contribution in [0.2, 0.25) is 0 Å². The van der Waals surface area contributed by atoms with E-state index in [0.29, 0.717) is 5.92 Å². The van der Waals surface area contributed by atoms with Crippen molar-refractivity contribution in [3.63, 3.8) is 0 Å². The summed E-state index contributed by atoms with van der Waals surface area (Å²) < 4.78 is 5.41. The van der Waals surface area contributed by atoms with E-state index in [1.807, 2.05) is 26.8 Å². The lowest BCUT2D eigenvalue weighted by Gasteiger charge is -2.24. The molecule has 1 heterocycles. The number of hydrogen-bond donors (Lipinski definition) is 1. The van der Waals surface area contributed by atoms with Crippen LogP contribution in [-0.4, -0.2) is 35.7 Å². The molecule has 1 saturated heterocycles. The first-order valence-electron chi connectivity index (χ1n) is 8.63. The van der Waals surface area contributed by atoms with Crippen LogP contribution in [0, 0.1) is 5.92 Å². The second-order valence-electron chi connectivity index (χ2n) is 7.48. The third-order valence-electron chi connectivity index (χ3n) is 4.13. The fraction of sp³-hybridized carbons (Fsp3) is 0.632. The molecule has 1 N–H and O–H groups in total. The van der Waals surface area contributed by atoms with Crippen LogP contribution in [0.3, 0.4) is 0 Å². The molecule has 1 aromatic carbocycles. The van der Waals surface area contributed by atoms with Crippen molar-refractivity contribution in [2.45, 2.75) is 58.7 Å². The van der Waals surface area contributed by atoms with Gasteiger partial charge in [0.1, 0.15) is 5.60 Å². The van der Waals surface area contributed by atoms with E-state index in [-0.39, 0.29) is 12.1 Å². The molecule has 2 rings (SSSR count). The molecule has 0 saturated carbocycles. The molecule has 1 fully saturated rings. The van der Waals surface area contributed by atoms with Gasteiger partial charge in [-0.3, -0.25) is 4.90 Å². The predicted octanol–water partition coefficient (Wildman–Crippen LogP) is 3.81. The van der Waals surface area contributed by atoms with Gasteiger partial charge >= 0.3 is 6.09 Å². The van der Waals surface area contributed by atoms with Crippen molar-refractivity contribution in [2.24, 2.45) is 5.92 Å². The molecule has 0 aromatic heterocycles. The summed E-state index contributed by atoms with van der Waals surface area (Å²) in [5, 5.41) is 3.08. The summed E-state index contributed by atoms with van der Waals surface area (Å²) in [7, 11) is 0. The maximum absolute atomic E-state index is 12.1. The normalized spacial score (nSPS) is 22.1. The summed E-state index contributed by atoms with van der Waals surface area (Å²) in [6.07, 6.45) is 1.97. The molecular formula is C19H30N2O2. The van der Waals surface area contributed by atoms with E-state index in [9.17, 15) is 4.79 Å². The Labute approximate surface area is 140 Å². The Morgan fingerprint density at radius 2 is 1.96 bits per heavy atom. The molecule has 4 nitrogen and oxygen atoms in total. The van der Waals surface area contributed by atoms with Gasteiger partial charge in [0.15, 0.2) is 0 Å². The number of hydrogen-bond acceptors (Lipinski definition) is 3. The summed E-state index contributed by atoms with van der Waals surface area (Å²) in [5.41, 5.74) is 0.868. The predicted molar refractivity (Wildman–Crippen MR) is 93.3 cm³/mol. The molecule has 4 heteroatoms. The quantitative estimate of drug-likeness (QED) is 0.897. The van der Waals surface area contributed by atoms with Gasteiger partial charge in [-0.2, -0.15) is 0 Å². The van der Waals surface area contributed by atoms with Crippen LogP contribution >= 0.6 is 0 Å². The number of benzene rings is 1. The fourth-order valence-electron chi connectivity index (χ4n) is 3.22. The number of nitrogens with one attached hydrogen (secondary N) is 1. The first-order valence-corrected chi connectivity index (χ1v) is 8.63. The maximum atomic E-state index is 12.1. The monoisotopic (exact) mass is 318 g/mol. The zero-order valence-electron chi connectivity index (χ0n) is 14.8. The van der Waals surface area contributed by atoms with Gasteiger partial charge in [0.25, 0.3) is 0 Å². The number of nitrogens with zero attached hydrogens (tertiary/aromatic N) is 1. The molecule has 2 atom stereocenters. The summed E-state index contributed by atoms with van der Waals surface area (Å²) in [5.74, 6) is 0.497. The Hall–Kier alpha value is -1.55. The lowest BCUT2D eigenvalue weighted by Crippen LogP contribution is -2.43. The van der Waals surface area contributed by atoms with Crippen molar-refractivity contribution in [3.8, 4) is 0 Å². The lowest BCUT2D eigenvalue weighted by molar-refractivity contribution is 0.0494. The van der Waals surface area contributed by atoms with E-state index in [1.165, 1.54) is 5.56 Å². The van der Waals surface area contributed by atoms with Crippen molar-refractivity contribution < 1.29 is 9.53 Å². The Morgan fingerprint density at radius 1 is 1.26 bits per heavy atom. The Kier molecular flexibility index (Phi) is 6.05. The molecule has 1 amide bonds. The van der Waals surface area contributed by atoms with E-state index < -0.39 is 5.60 Å². The minimum absolute atomic E-state index is 0.175. The zero-order chi connectivity index (χ0) is 16.9. The van der Waals surface area contributed by atoms with Gasteiger partial charge in [-0.25, -0.2) is 4.79 Å². The molecule has 0 spiro atoms. The Bertz CT molecular complexity index is 496. The second-order valence-corrected chi connectivity index (χ2v) is 7.48. The van der Waals surface area contributed by atoms with Crippen molar-refractivity contribution in [3.05, 3.63) is 35.9 Å². The number of likely N-dealkylation sites (tertiary alicyclic amines) is 1. The van der Waals surface area contributed by atoms with Gasteiger partial charge in [-0.15, -0.1) is 0 Å². The van der Waals surface area contributed by atoms with Crippen LogP contribution in [0.4, 0.5) is 4.79 Å². The Balaban J connectivity index is 1.93. The van der Waals surface area contributed by atoms with E-state index in [1.54, 1.807) is 0 Å². The van der Waals surface area contributed by atoms with Crippen LogP contribution in [0.25, 0.3) is 0 Å². The highest BCUT2D eigenvalue weighted by molar-refractivity contribution is 5.68. The standard InChI is InChI=1S/C19H30N2O2/c1-5-9-16-13-21(12-15-10-7-6-8-11-15)14-17(16)20-18(22)23-19(2,3)4/h6-8,10-11,16-17H,5,9,12-14H2,1-4H3,(H,20,22). The van der Waals surface area contributed by atoms with Crippen molar-refractivity contribution in [1.29, 1.82) is 0 Å². The lowest BCUT2D eigenvalue weighted by atomic mass is 9.98. The van der Waals surface area contributed by atoms with Crippen molar-refractivity contribution >= 4 is 6.09 Å². The van der Waals surface area contributed by atoms with E-state index >= 15 is 0 Å². The van der Waals surface area contributed by atoms with Gasteiger partial charge in [0.2, 0.25) is 0 Å². The second kappa shape index (κ2) is 7.82. The molecule has 128 valence electrons. The minimum atomic E-state index is -0.452. The summed E-state index contributed by atoms with van der Waals surface area (Å²) in [6.45, 7) is 10.7. The average molecular weight is 318 g/mol. The van der Waals surface area contributed by atoms with Crippen LogP contribution < -0.4 is 5.32 Å². The fourth-order valence-corrected chi connectivity index (χ4v) is 3.22. The number of carbonyl (C=O) groups is 1. The minimum Gasteiger partial charge on any atom is -0.444 e. The number of carbonyl (C=O) groups excluding carboxylic acids is 1. The summed E-state index contributed by atoms with van der Waals surface area (Å²) in [4.78, 5) is 14.5. The SMILES string of the molecule is CCCC1CN(Cc2ccccc2)CC1NC(=O)OC(C)(C)C. The van der Waals surface area contributed by atoms with Gasteiger partial charge < -0.3 is 10.1 Å². The van der Waals surface area contributed by atoms with Crippen LogP contribution in [0.15, 0.2) is 30.3 Å². The third-order valence-corrected chi connectivity index (χ3v) is 4.13. The third kappa shape index (κ3) is 5.87. The molecule has 2 unspecified atom stereocenters. The van der Waals surface area contributed by atoms with Gasteiger partial charge in [-0.05, 0) is 38.7 Å². The molecule has 1 aliphatic heterocycles. The van der Waals surface area contributed by atoms with Crippen molar-refractivity contribution in [2.75, 3.05) is 13.1 Å². The summed E-state index contributed by atoms with van der Waals surface area (Å²) in [6, 6.07) is 10.7. The van der Waals surface area contributed by atoms with Crippen molar-refractivity contribution in [1.82, 2.24) is 10.2 Å². The van der Waals surface area contributed by atoms with E-state index in [2.05, 4.69) is 41.4 Å². The zero-order valence-corrected chi connectivity index (χ0v) is 14.8.